The highest BCUT2D eigenvalue weighted by Crippen LogP contribution is 2.15. The van der Waals surface area contributed by atoms with E-state index in [0.717, 1.165) is 0 Å². The molecule has 2 rings (SSSR count). The van der Waals surface area contributed by atoms with E-state index in [1.807, 2.05) is 13.8 Å². The molecule has 1 aromatic carbocycles. The number of rotatable bonds is 10. The second-order valence-corrected chi connectivity index (χ2v) is 9.25. The van der Waals surface area contributed by atoms with E-state index in [9.17, 15) is 18.0 Å². The number of thiophene rings is 1. The number of sulfonamides is 1. The molecule has 1 unspecified atom stereocenters. The lowest BCUT2D eigenvalue weighted by molar-refractivity contribution is -0.123. The molecule has 10 heteroatoms. The van der Waals surface area contributed by atoms with E-state index >= 15 is 0 Å². The van der Waals surface area contributed by atoms with Crippen molar-refractivity contribution in [3.8, 4) is 5.75 Å². The maximum Gasteiger partial charge on any atom is 0.262 e. The largest absolute Gasteiger partial charge is 0.497 e. The number of methoxy groups -OCH3 is 1. The van der Waals surface area contributed by atoms with Crippen LogP contribution in [0.5, 0.6) is 5.75 Å². The van der Waals surface area contributed by atoms with Crippen molar-refractivity contribution in [2.45, 2.75) is 24.8 Å². The van der Waals surface area contributed by atoms with Gasteiger partial charge in [-0.15, -0.1) is 11.3 Å². The fourth-order valence-corrected chi connectivity index (χ4v) is 4.13. The van der Waals surface area contributed by atoms with Gasteiger partial charge in [0, 0.05) is 13.1 Å². The lowest BCUT2D eigenvalue weighted by Gasteiger charge is -2.21. The van der Waals surface area contributed by atoms with Crippen LogP contribution in [0.15, 0.2) is 46.7 Å². The molecule has 0 spiro atoms. The van der Waals surface area contributed by atoms with E-state index in [0.29, 0.717) is 10.6 Å². The summed E-state index contributed by atoms with van der Waals surface area (Å²) < 4.78 is 32.0. The van der Waals surface area contributed by atoms with Crippen LogP contribution in [0.4, 0.5) is 0 Å². The summed E-state index contributed by atoms with van der Waals surface area (Å²) in [6.07, 6.45) is 0. The van der Waals surface area contributed by atoms with Crippen molar-refractivity contribution < 1.29 is 22.7 Å². The number of carbonyl (C=O) groups excluding carboxylic acids is 2. The first-order valence-corrected chi connectivity index (χ1v) is 11.4. The van der Waals surface area contributed by atoms with Gasteiger partial charge in [0.25, 0.3) is 5.91 Å². The highest BCUT2D eigenvalue weighted by molar-refractivity contribution is 7.89. The van der Waals surface area contributed by atoms with Gasteiger partial charge in [-0.2, -0.15) is 0 Å². The van der Waals surface area contributed by atoms with Crippen LogP contribution in [0.25, 0.3) is 0 Å². The number of carbonyl (C=O) groups is 2. The van der Waals surface area contributed by atoms with Crippen molar-refractivity contribution in [2.75, 3.05) is 20.2 Å². The smallest absolute Gasteiger partial charge is 0.262 e. The minimum absolute atomic E-state index is 0.0176. The molecular formula is C19H25N3O5S2. The summed E-state index contributed by atoms with van der Waals surface area (Å²) in [6, 6.07) is 8.72. The van der Waals surface area contributed by atoms with Gasteiger partial charge >= 0.3 is 0 Å². The molecule has 0 aliphatic carbocycles. The zero-order valence-corrected chi connectivity index (χ0v) is 18.1. The summed E-state index contributed by atoms with van der Waals surface area (Å²) in [7, 11) is -2.20. The molecular weight excluding hydrogens is 414 g/mol. The van der Waals surface area contributed by atoms with E-state index in [4.69, 9.17) is 4.74 Å². The second kappa shape index (κ2) is 10.4. The van der Waals surface area contributed by atoms with Crippen molar-refractivity contribution in [1.29, 1.82) is 0 Å². The third kappa shape index (κ3) is 6.55. The zero-order chi connectivity index (χ0) is 21.4. The van der Waals surface area contributed by atoms with Gasteiger partial charge in [-0.1, -0.05) is 19.9 Å². The Balaban J connectivity index is 1.85. The third-order valence-corrected chi connectivity index (χ3v) is 6.41. The molecule has 1 aromatic heterocycles. The Bertz CT molecular complexity index is 910. The number of hydrogen-bond donors (Lipinski definition) is 3. The summed E-state index contributed by atoms with van der Waals surface area (Å²) in [4.78, 5) is 25.3. The maximum atomic E-state index is 12.4. The average molecular weight is 440 g/mol. The molecule has 8 nitrogen and oxygen atoms in total. The Labute approximate surface area is 174 Å². The Morgan fingerprint density at radius 3 is 2.34 bits per heavy atom. The summed E-state index contributed by atoms with van der Waals surface area (Å²) >= 11 is 1.29. The molecule has 2 amide bonds. The Kier molecular flexibility index (Phi) is 8.18. The van der Waals surface area contributed by atoms with Gasteiger partial charge in [0.05, 0.1) is 16.9 Å². The van der Waals surface area contributed by atoms with Gasteiger partial charge in [-0.25, -0.2) is 13.1 Å². The Hall–Kier alpha value is -2.43. The maximum absolute atomic E-state index is 12.4. The summed E-state index contributed by atoms with van der Waals surface area (Å²) in [5.41, 5.74) is 0. The van der Waals surface area contributed by atoms with Crippen LogP contribution >= 0.6 is 11.3 Å². The standard InChI is InChI=1S/C19H25N3O5S2/c1-13(2)17(22-18(23)16-5-4-12-28-16)19(24)20-10-11-21-29(25,26)15-8-6-14(27-3)7-9-15/h4-9,12-13,17,21H,10-11H2,1-3H3,(H,20,24)(H,22,23). The van der Waals surface area contributed by atoms with Gasteiger partial charge in [-0.3, -0.25) is 9.59 Å². The van der Waals surface area contributed by atoms with E-state index in [-0.39, 0.29) is 35.7 Å². The average Bonchev–Trinajstić information content (AvgIpc) is 3.24. The molecule has 0 fully saturated rings. The third-order valence-electron chi connectivity index (χ3n) is 4.07. The molecule has 0 bridgehead atoms. The Morgan fingerprint density at radius 2 is 1.79 bits per heavy atom. The summed E-state index contributed by atoms with van der Waals surface area (Å²) in [5, 5.41) is 7.17. The zero-order valence-electron chi connectivity index (χ0n) is 16.5. The van der Waals surface area contributed by atoms with E-state index in [1.165, 1.54) is 30.6 Å². The summed E-state index contributed by atoms with van der Waals surface area (Å²) in [6.45, 7) is 3.76. The first-order chi connectivity index (χ1) is 13.7. The first kappa shape index (κ1) is 22.9. The van der Waals surface area contributed by atoms with Gasteiger partial charge in [0.15, 0.2) is 0 Å². The minimum atomic E-state index is -3.69. The number of hydrogen-bond acceptors (Lipinski definition) is 6. The lowest BCUT2D eigenvalue weighted by atomic mass is 10.0. The second-order valence-electron chi connectivity index (χ2n) is 6.54. The molecule has 3 N–H and O–H groups in total. The number of amides is 2. The molecule has 2 aromatic rings. The van der Waals surface area contributed by atoms with Crippen molar-refractivity contribution in [1.82, 2.24) is 15.4 Å². The van der Waals surface area contributed by atoms with Gasteiger partial charge in [0.1, 0.15) is 11.8 Å². The lowest BCUT2D eigenvalue weighted by Crippen LogP contribution is -2.50. The fraction of sp³-hybridized carbons (Fsp3) is 0.368. The number of ether oxygens (including phenoxy) is 1. The van der Waals surface area contributed by atoms with Crippen LogP contribution in [0.1, 0.15) is 23.5 Å². The molecule has 0 radical (unpaired) electrons. The van der Waals surface area contributed by atoms with Crippen molar-refractivity contribution in [3.05, 3.63) is 46.7 Å². The van der Waals surface area contributed by atoms with Crippen LogP contribution in [-0.2, 0) is 14.8 Å². The highest BCUT2D eigenvalue weighted by atomic mass is 32.2. The van der Waals surface area contributed by atoms with Gasteiger partial charge < -0.3 is 15.4 Å². The highest BCUT2D eigenvalue weighted by Gasteiger charge is 2.24. The number of nitrogens with one attached hydrogen (secondary N) is 3. The van der Waals surface area contributed by atoms with Crippen LogP contribution in [0.2, 0.25) is 0 Å². The molecule has 1 atom stereocenters. The Morgan fingerprint density at radius 1 is 1.10 bits per heavy atom. The van der Waals surface area contributed by atoms with Crippen LogP contribution < -0.4 is 20.1 Å². The normalized spacial score (nSPS) is 12.4. The predicted molar refractivity (Wildman–Crippen MR) is 112 cm³/mol. The van der Waals surface area contributed by atoms with Crippen molar-refractivity contribution in [2.24, 2.45) is 5.92 Å². The minimum Gasteiger partial charge on any atom is -0.497 e. The SMILES string of the molecule is COc1ccc(S(=O)(=O)NCCNC(=O)C(NC(=O)c2cccs2)C(C)C)cc1. The molecule has 0 aliphatic rings. The van der Waals surface area contributed by atoms with E-state index < -0.39 is 16.1 Å². The van der Waals surface area contributed by atoms with Gasteiger partial charge in [-0.05, 0) is 41.6 Å². The predicted octanol–water partition coefficient (Wildman–Crippen LogP) is 1.61. The molecule has 0 saturated heterocycles. The van der Waals surface area contributed by atoms with Gasteiger partial charge in [0.2, 0.25) is 15.9 Å². The number of benzene rings is 1. The molecule has 0 saturated carbocycles. The topological polar surface area (TPSA) is 114 Å². The molecule has 1 heterocycles. The molecule has 0 aliphatic heterocycles. The molecule has 29 heavy (non-hydrogen) atoms. The molecule has 158 valence electrons. The first-order valence-electron chi connectivity index (χ1n) is 9.00. The quantitative estimate of drug-likeness (QED) is 0.487. The van der Waals surface area contributed by atoms with Crippen molar-refractivity contribution >= 4 is 33.2 Å². The fourth-order valence-electron chi connectivity index (χ4n) is 2.47. The monoisotopic (exact) mass is 439 g/mol. The van der Waals surface area contributed by atoms with Crippen LogP contribution in [0, 0.1) is 5.92 Å². The van der Waals surface area contributed by atoms with Crippen LogP contribution in [0.3, 0.4) is 0 Å². The van der Waals surface area contributed by atoms with Crippen LogP contribution in [-0.4, -0.2) is 46.5 Å². The summed E-state index contributed by atoms with van der Waals surface area (Å²) in [5.74, 6) is -0.252. The van der Waals surface area contributed by atoms with Crippen molar-refractivity contribution in [3.63, 3.8) is 0 Å². The van der Waals surface area contributed by atoms with E-state index in [2.05, 4.69) is 15.4 Å². The van der Waals surface area contributed by atoms with E-state index in [1.54, 1.807) is 29.6 Å².